The van der Waals surface area contributed by atoms with Crippen LogP contribution in [0.3, 0.4) is 0 Å². The fourth-order valence-corrected chi connectivity index (χ4v) is 2.45. The molecule has 1 aromatic carbocycles. The predicted molar refractivity (Wildman–Crippen MR) is 71.9 cm³/mol. The Morgan fingerprint density at radius 3 is 2.56 bits per heavy atom. The fourth-order valence-electron chi connectivity index (χ4n) is 1.79. The molecule has 1 rings (SSSR count). The van der Waals surface area contributed by atoms with E-state index in [0.29, 0.717) is 18.5 Å². The smallest absolute Gasteiger partial charge is 0.147 e. The van der Waals surface area contributed by atoms with Crippen molar-refractivity contribution in [3.63, 3.8) is 0 Å². The molecule has 1 atom stereocenters. The van der Waals surface area contributed by atoms with E-state index in [1.54, 1.807) is 13.0 Å². The molecule has 0 amide bonds. The van der Waals surface area contributed by atoms with Gasteiger partial charge in [-0.05, 0) is 37.1 Å². The van der Waals surface area contributed by atoms with Crippen LogP contribution in [0, 0.1) is 12.7 Å². The van der Waals surface area contributed by atoms with Gasteiger partial charge in [0, 0.05) is 12.3 Å². The molecule has 0 fully saturated rings. The van der Waals surface area contributed by atoms with Gasteiger partial charge in [-0.25, -0.2) is 12.8 Å². The average Bonchev–Trinajstić information content (AvgIpc) is 2.27. The molecular weight excluding hydrogens is 253 g/mol. The molecule has 3 nitrogen and oxygen atoms in total. The van der Waals surface area contributed by atoms with Crippen LogP contribution in [0.1, 0.15) is 30.5 Å². The molecule has 0 aliphatic heterocycles. The summed E-state index contributed by atoms with van der Waals surface area (Å²) >= 11 is 0. The highest BCUT2D eigenvalue weighted by Gasteiger charge is 2.14. The standard InChI is InChI=1S/C13H20FNO2S/c1-4-15-13(7-8-18(3,16)17)11-6-5-10(2)12(14)9-11/h5-6,9,13,15H,4,7-8H2,1-3H3. The number of benzene rings is 1. The molecule has 102 valence electrons. The van der Waals surface area contributed by atoms with Gasteiger partial charge in [-0.15, -0.1) is 0 Å². The van der Waals surface area contributed by atoms with Gasteiger partial charge < -0.3 is 5.32 Å². The summed E-state index contributed by atoms with van der Waals surface area (Å²) in [6.07, 6.45) is 1.67. The molecular formula is C13H20FNO2S. The number of sulfone groups is 1. The topological polar surface area (TPSA) is 46.2 Å². The number of hydrogen-bond donors (Lipinski definition) is 1. The predicted octanol–water partition coefficient (Wildman–Crippen LogP) is 2.22. The van der Waals surface area contributed by atoms with E-state index in [2.05, 4.69) is 5.32 Å². The van der Waals surface area contributed by atoms with E-state index in [0.717, 1.165) is 5.56 Å². The molecule has 0 aromatic heterocycles. The fraction of sp³-hybridized carbons (Fsp3) is 0.538. The largest absolute Gasteiger partial charge is 0.310 e. The van der Waals surface area contributed by atoms with Crippen LogP contribution < -0.4 is 5.32 Å². The molecule has 1 aromatic rings. The normalized spacial score (nSPS) is 13.6. The summed E-state index contributed by atoms with van der Waals surface area (Å²) in [6.45, 7) is 4.36. The van der Waals surface area contributed by atoms with E-state index >= 15 is 0 Å². The van der Waals surface area contributed by atoms with Gasteiger partial charge in [0.05, 0.1) is 5.75 Å². The maximum absolute atomic E-state index is 13.5. The van der Waals surface area contributed by atoms with Crippen LogP contribution in [-0.2, 0) is 9.84 Å². The van der Waals surface area contributed by atoms with Crippen molar-refractivity contribution < 1.29 is 12.8 Å². The minimum absolute atomic E-state index is 0.0974. The van der Waals surface area contributed by atoms with Crippen LogP contribution >= 0.6 is 0 Å². The lowest BCUT2D eigenvalue weighted by Crippen LogP contribution is -2.23. The Kier molecular flexibility index (Phi) is 5.28. The van der Waals surface area contributed by atoms with Gasteiger partial charge in [-0.1, -0.05) is 19.1 Å². The highest BCUT2D eigenvalue weighted by atomic mass is 32.2. The van der Waals surface area contributed by atoms with E-state index in [4.69, 9.17) is 0 Å². The van der Waals surface area contributed by atoms with E-state index in [-0.39, 0.29) is 17.6 Å². The summed E-state index contributed by atoms with van der Waals surface area (Å²) in [7, 11) is -3.00. The zero-order valence-electron chi connectivity index (χ0n) is 11.0. The van der Waals surface area contributed by atoms with Crippen LogP contribution in [0.4, 0.5) is 4.39 Å². The zero-order chi connectivity index (χ0) is 13.8. The number of rotatable bonds is 6. The van der Waals surface area contributed by atoms with Crippen molar-refractivity contribution in [1.29, 1.82) is 0 Å². The van der Waals surface area contributed by atoms with E-state index in [9.17, 15) is 12.8 Å². The Morgan fingerprint density at radius 2 is 2.06 bits per heavy atom. The van der Waals surface area contributed by atoms with Crippen molar-refractivity contribution in [2.45, 2.75) is 26.3 Å². The van der Waals surface area contributed by atoms with Gasteiger partial charge in [0.1, 0.15) is 15.7 Å². The van der Waals surface area contributed by atoms with E-state index in [1.165, 1.54) is 12.3 Å². The first-order chi connectivity index (χ1) is 8.33. The molecule has 0 radical (unpaired) electrons. The lowest BCUT2D eigenvalue weighted by Gasteiger charge is -2.18. The van der Waals surface area contributed by atoms with Crippen LogP contribution in [0.2, 0.25) is 0 Å². The summed E-state index contributed by atoms with van der Waals surface area (Å²) in [6, 6.07) is 4.91. The van der Waals surface area contributed by atoms with Gasteiger partial charge in [0.25, 0.3) is 0 Å². The van der Waals surface area contributed by atoms with E-state index < -0.39 is 9.84 Å². The maximum Gasteiger partial charge on any atom is 0.147 e. The third kappa shape index (κ3) is 4.74. The van der Waals surface area contributed by atoms with E-state index in [1.807, 2.05) is 13.0 Å². The van der Waals surface area contributed by atoms with Gasteiger partial charge in [0.2, 0.25) is 0 Å². The molecule has 0 bridgehead atoms. The van der Waals surface area contributed by atoms with Crippen molar-refractivity contribution in [3.8, 4) is 0 Å². The maximum atomic E-state index is 13.5. The summed E-state index contributed by atoms with van der Waals surface area (Å²) in [5.74, 6) is -0.157. The molecule has 5 heteroatoms. The average molecular weight is 273 g/mol. The Hall–Kier alpha value is -0.940. The number of halogens is 1. The number of hydrogen-bond acceptors (Lipinski definition) is 3. The second-order valence-corrected chi connectivity index (χ2v) is 6.80. The van der Waals surface area contributed by atoms with Crippen LogP contribution in [0.5, 0.6) is 0 Å². The summed E-state index contributed by atoms with van der Waals surface area (Å²) in [5.41, 5.74) is 1.39. The molecule has 18 heavy (non-hydrogen) atoms. The van der Waals surface area contributed by atoms with Crippen LogP contribution in [0.25, 0.3) is 0 Å². The lowest BCUT2D eigenvalue weighted by atomic mass is 10.0. The Morgan fingerprint density at radius 1 is 1.39 bits per heavy atom. The number of aryl methyl sites for hydroxylation is 1. The Balaban J connectivity index is 2.86. The van der Waals surface area contributed by atoms with Gasteiger partial charge in [0.15, 0.2) is 0 Å². The molecule has 0 heterocycles. The van der Waals surface area contributed by atoms with Crippen molar-refractivity contribution in [1.82, 2.24) is 5.32 Å². The van der Waals surface area contributed by atoms with Gasteiger partial charge >= 0.3 is 0 Å². The number of nitrogens with one attached hydrogen (secondary N) is 1. The molecule has 0 saturated carbocycles. The molecule has 1 unspecified atom stereocenters. The molecule has 1 N–H and O–H groups in total. The monoisotopic (exact) mass is 273 g/mol. The molecule has 0 spiro atoms. The van der Waals surface area contributed by atoms with Crippen LogP contribution in [0.15, 0.2) is 18.2 Å². The first-order valence-corrected chi connectivity index (χ1v) is 8.06. The third-order valence-electron chi connectivity index (χ3n) is 2.83. The summed E-state index contributed by atoms with van der Waals surface area (Å²) in [5, 5.41) is 3.19. The molecule has 0 aliphatic carbocycles. The first kappa shape index (κ1) is 15.1. The second-order valence-electron chi connectivity index (χ2n) is 4.54. The zero-order valence-corrected chi connectivity index (χ0v) is 11.8. The minimum atomic E-state index is -3.00. The Bertz CT molecular complexity index is 500. The quantitative estimate of drug-likeness (QED) is 0.864. The molecule has 0 saturated heterocycles. The highest BCUT2D eigenvalue weighted by Crippen LogP contribution is 2.20. The Labute approximate surface area is 108 Å². The summed E-state index contributed by atoms with van der Waals surface area (Å²) in [4.78, 5) is 0. The third-order valence-corrected chi connectivity index (χ3v) is 3.80. The second kappa shape index (κ2) is 6.29. The van der Waals surface area contributed by atoms with Crippen molar-refractivity contribution >= 4 is 9.84 Å². The lowest BCUT2D eigenvalue weighted by molar-refractivity contribution is 0.524. The van der Waals surface area contributed by atoms with Gasteiger partial charge in [-0.2, -0.15) is 0 Å². The minimum Gasteiger partial charge on any atom is -0.310 e. The van der Waals surface area contributed by atoms with Crippen LogP contribution in [-0.4, -0.2) is 27.0 Å². The van der Waals surface area contributed by atoms with Crippen molar-refractivity contribution in [3.05, 3.63) is 35.1 Å². The summed E-state index contributed by atoms with van der Waals surface area (Å²) < 4.78 is 35.9. The highest BCUT2D eigenvalue weighted by molar-refractivity contribution is 7.90. The SMILES string of the molecule is CCNC(CCS(C)(=O)=O)c1ccc(C)c(F)c1. The van der Waals surface area contributed by atoms with Crippen molar-refractivity contribution in [2.75, 3.05) is 18.6 Å². The first-order valence-electron chi connectivity index (χ1n) is 6.00. The van der Waals surface area contributed by atoms with Gasteiger partial charge in [-0.3, -0.25) is 0 Å². The molecule has 0 aliphatic rings. The van der Waals surface area contributed by atoms with Crippen molar-refractivity contribution in [2.24, 2.45) is 0 Å².